The molecule has 1 atom stereocenters. The smallest absolute Gasteiger partial charge is 0.237 e. The van der Waals surface area contributed by atoms with Crippen molar-refractivity contribution in [2.75, 3.05) is 6.54 Å². The van der Waals surface area contributed by atoms with Crippen LogP contribution in [0, 0.1) is 5.92 Å². The lowest BCUT2D eigenvalue weighted by atomic mass is 10.0. The van der Waals surface area contributed by atoms with Crippen LogP contribution in [0.1, 0.15) is 16.9 Å². The van der Waals surface area contributed by atoms with Crippen molar-refractivity contribution in [2.24, 2.45) is 5.92 Å². The molecular weight excluding hydrogens is 206 g/mol. The van der Waals surface area contributed by atoms with Crippen LogP contribution in [0.15, 0.2) is 31.4 Å². The number of hydrogen-bond acceptors (Lipinski definition) is 4. The first kappa shape index (κ1) is 10.5. The third-order valence-corrected chi connectivity index (χ3v) is 2.59. The molecule has 0 spiro atoms. The van der Waals surface area contributed by atoms with Crippen LogP contribution in [-0.4, -0.2) is 33.1 Å². The minimum Gasteiger partial charge on any atom is -0.319 e. The van der Waals surface area contributed by atoms with Crippen LogP contribution in [0.25, 0.3) is 0 Å². The van der Waals surface area contributed by atoms with Gasteiger partial charge in [-0.15, -0.1) is 0 Å². The van der Waals surface area contributed by atoms with E-state index in [9.17, 15) is 9.59 Å². The van der Waals surface area contributed by atoms with Crippen LogP contribution >= 0.6 is 0 Å². The number of nitrogens with zero attached hydrogens (tertiary/aromatic N) is 3. The highest BCUT2D eigenvalue weighted by Gasteiger charge is 2.36. The first-order valence-corrected chi connectivity index (χ1v) is 4.97. The fraction of sp³-hybridized carbons (Fsp3) is 0.273. The van der Waals surface area contributed by atoms with E-state index in [1.54, 1.807) is 0 Å². The van der Waals surface area contributed by atoms with Gasteiger partial charge in [0.25, 0.3) is 0 Å². The Hall–Kier alpha value is -2.04. The molecule has 5 heteroatoms. The standard InChI is InChI=1S/C11H11N3O2/c1-2-14-6-3-8(11(14)16)10(15)9-7-12-4-5-13-9/h2,4-5,7-8H,1,3,6H2/t8-/m0/s1. The minimum atomic E-state index is -0.630. The second-order valence-electron chi connectivity index (χ2n) is 3.51. The summed E-state index contributed by atoms with van der Waals surface area (Å²) in [5.41, 5.74) is 0.242. The molecule has 1 aromatic heterocycles. The number of ketones is 1. The van der Waals surface area contributed by atoms with Gasteiger partial charge in [-0.3, -0.25) is 14.6 Å². The summed E-state index contributed by atoms with van der Waals surface area (Å²) < 4.78 is 0. The normalized spacial score (nSPS) is 19.9. The lowest BCUT2D eigenvalue weighted by molar-refractivity contribution is -0.127. The zero-order valence-electron chi connectivity index (χ0n) is 8.67. The first-order chi connectivity index (χ1) is 7.74. The first-order valence-electron chi connectivity index (χ1n) is 4.97. The van der Waals surface area contributed by atoms with Crippen molar-refractivity contribution in [2.45, 2.75) is 6.42 Å². The summed E-state index contributed by atoms with van der Waals surface area (Å²) >= 11 is 0. The van der Waals surface area contributed by atoms with Crippen LogP contribution in [-0.2, 0) is 4.79 Å². The SMILES string of the molecule is C=CN1CC[C@@H](C(=O)c2cnccn2)C1=O. The van der Waals surface area contributed by atoms with Gasteiger partial charge in [0, 0.05) is 18.9 Å². The molecule has 16 heavy (non-hydrogen) atoms. The second-order valence-corrected chi connectivity index (χ2v) is 3.51. The van der Waals surface area contributed by atoms with E-state index in [1.807, 2.05) is 0 Å². The van der Waals surface area contributed by atoms with Crippen molar-refractivity contribution in [3.8, 4) is 0 Å². The predicted octanol–water partition coefficient (Wildman–Crippen LogP) is 0.651. The Kier molecular flexibility index (Phi) is 2.76. The van der Waals surface area contributed by atoms with Gasteiger partial charge in [0.2, 0.25) is 5.91 Å². The number of aromatic nitrogens is 2. The molecule has 5 nitrogen and oxygen atoms in total. The molecule has 0 bridgehead atoms. The summed E-state index contributed by atoms with van der Waals surface area (Å²) in [7, 11) is 0. The maximum atomic E-state index is 11.9. The van der Waals surface area contributed by atoms with Crippen molar-refractivity contribution in [1.29, 1.82) is 0 Å². The fourth-order valence-corrected chi connectivity index (χ4v) is 1.73. The fourth-order valence-electron chi connectivity index (χ4n) is 1.73. The Labute approximate surface area is 92.8 Å². The Bertz CT molecular complexity index is 430. The molecule has 1 aliphatic rings. The highest BCUT2D eigenvalue weighted by atomic mass is 16.2. The number of likely N-dealkylation sites (tertiary alicyclic amines) is 1. The quantitative estimate of drug-likeness (QED) is 0.551. The van der Waals surface area contributed by atoms with Crippen molar-refractivity contribution >= 4 is 11.7 Å². The highest BCUT2D eigenvalue weighted by molar-refractivity contribution is 6.10. The number of rotatable bonds is 3. The number of carbonyl (C=O) groups is 2. The molecule has 1 aromatic rings. The molecule has 0 aromatic carbocycles. The Morgan fingerprint density at radius 3 is 2.94 bits per heavy atom. The number of Topliss-reactive ketones (excluding diaryl/α,β-unsaturated/α-hetero) is 1. The molecule has 82 valence electrons. The van der Waals surface area contributed by atoms with Crippen LogP contribution in [0.5, 0.6) is 0 Å². The van der Waals surface area contributed by atoms with E-state index >= 15 is 0 Å². The van der Waals surface area contributed by atoms with Gasteiger partial charge in [-0.1, -0.05) is 6.58 Å². The lowest BCUT2D eigenvalue weighted by Gasteiger charge is -2.09. The van der Waals surface area contributed by atoms with Gasteiger partial charge in [0.15, 0.2) is 5.78 Å². The highest BCUT2D eigenvalue weighted by Crippen LogP contribution is 2.21. The van der Waals surface area contributed by atoms with Gasteiger partial charge in [0.05, 0.1) is 6.20 Å². The molecule has 0 unspecified atom stereocenters. The second kappa shape index (κ2) is 4.22. The summed E-state index contributed by atoms with van der Waals surface area (Å²) in [5, 5.41) is 0. The monoisotopic (exact) mass is 217 g/mol. The molecule has 1 fully saturated rings. The summed E-state index contributed by atoms with van der Waals surface area (Å²) in [6, 6.07) is 0. The average Bonchev–Trinajstić information content (AvgIpc) is 2.70. The third-order valence-electron chi connectivity index (χ3n) is 2.59. The number of carbonyl (C=O) groups excluding carboxylic acids is 2. The summed E-state index contributed by atoms with van der Waals surface area (Å²) in [4.78, 5) is 32.8. The van der Waals surface area contributed by atoms with Gasteiger partial charge in [0.1, 0.15) is 11.6 Å². The Morgan fingerprint density at radius 1 is 1.56 bits per heavy atom. The molecule has 1 saturated heterocycles. The van der Waals surface area contributed by atoms with E-state index < -0.39 is 5.92 Å². The molecule has 0 N–H and O–H groups in total. The van der Waals surface area contributed by atoms with Gasteiger partial charge < -0.3 is 4.90 Å². The van der Waals surface area contributed by atoms with Crippen molar-refractivity contribution in [3.63, 3.8) is 0 Å². The maximum Gasteiger partial charge on any atom is 0.237 e. The molecule has 0 saturated carbocycles. The van der Waals surface area contributed by atoms with Gasteiger partial charge in [-0.25, -0.2) is 4.98 Å². The van der Waals surface area contributed by atoms with Crippen molar-refractivity contribution in [1.82, 2.24) is 14.9 Å². The molecule has 1 aliphatic heterocycles. The maximum absolute atomic E-state index is 11.9. The lowest BCUT2D eigenvalue weighted by Crippen LogP contribution is -2.27. The summed E-state index contributed by atoms with van der Waals surface area (Å²) in [6.07, 6.45) is 6.28. The molecule has 1 amide bonds. The Balaban J connectivity index is 2.19. The zero-order valence-corrected chi connectivity index (χ0v) is 8.67. The Morgan fingerprint density at radius 2 is 2.38 bits per heavy atom. The van der Waals surface area contributed by atoms with E-state index in [1.165, 1.54) is 29.7 Å². The van der Waals surface area contributed by atoms with Gasteiger partial charge in [-0.05, 0) is 12.6 Å². The van der Waals surface area contributed by atoms with Crippen LogP contribution in [0.2, 0.25) is 0 Å². The van der Waals surface area contributed by atoms with Crippen LogP contribution < -0.4 is 0 Å². The van der Waals surface area contributed by atoms with Gasteiger partial charge >= 0.3 is 0 Å². The van der Waals surface area contributed by atoms with Crippen LogP contribution in [0.4, 0.5) is 0 Å². The van der Waals surface area contributed by atoms with E-state index in [-0.39, 0.29) is 17.4 Å². The molecule has 0 aliphatic carbocycles. The predicted molar refractivity (Wildman–Crippen MR) is 56.4 cm³/mol. The third kappa shape index (κ3) is 1.71. The molecule has 0 radical (unpaired) electrons. The van der Waals surface area contributed by atoms with Gasteiger partial charge in [-0.2, -0.15) is 0 Å². The van der Waals surface area contributed by atoms with Crippen molar-refractivity contribution in [3.05, 3.63) is 37.1 Å². The topological polar surface area (TPSA) is 63.2 Å². The molecular formula is C11H11N3O2. The van der Waals surface area contributed by atoms with Crippen molar-refractivity contribution < 1.29 is 9.59 Å². The van der Waals surface area contributed by atoms with E-state index in [2.05, 4.69) is 16.5 Å². The number of hydrogen-bond donors (Lipinski definition) is 0. The summed E-state index contributed by atoms with van der Waals surface area (Å²) in [6.45, 7) is 4.07. The zero-order chi connectivity index (χ0) is 11.5. The van der Waals surface area contributed by atoms with E-state index in [0.717, 1.165) is 0 Å². The van der Waals surface area contributed by atoms with Crippen LogP contribution in [0.3, 0.4) is 0 Å². The molecule has 2 rings (SSSR count). The summed E-state index contributed by atoms with van der Waals surface area (Å²) in [5.74, 6) is -1.09. The number of amides is 1. The molecule has 2 heterocycles. The average molecular weight is 217 g/mol. The largest absolute Gasteiger partial charge is 0.319 e. The minimum absolute atomic E-state index is 0.203. The van der Waals surface area contributed by atoms with E-state index in [0.29, 0.717) is 13.0 Å². The van der Waals surface area contributed by atoms with E-state index in [4.69, 9.17) is 0 Å².